The van der Waals surface area contributed by atoms with Gasteiger partial charge in [-0.05, 0) is 30.2 Å². The number of nitrogens with two attached hydrogens (primary N) is 1. The molecule has 15 heavy (non-hydrogen) atoms. The van der Waals surface area contributed by atoms with Gasteiger partial charge in [0.05, 0.1) is 0 Å². The summed E-state index contributed by atoms with van der Waals surface area (Å²) in [5.74, 6) is 0.221. The predicted octanol–water partition coefficient (Wildman–Crippen LogP) is 2.27. The third kappa shape index (κ3) is 2.41. The summed E-state index contributed by atoms with van der Waals surface area (Å²) in [7, 11) is -3.46. The Balaban J connectivity index is 2.32. The molecule has 1 aromatic rings. The Morgan fingerprint density at radius 1 is 1.40 bits per heavy atom. The van der Waals surface area contributed by atoms with E-state index in [9.17, 15) is 8.42 Å². The van der Waals surface area contributed by atoms with Gasteiger partial charge in [-0.2, -0.15) is 0 Å². The number of thiophene rings is 1. The molecule has 84 valence electrons. The lowest BCUT2D eigenvalue weighted by atomic mass is 10.0. The molecule has 0 aliphatic heterocycles. The molecule has 1 fully saturated rings. The van der Waals surface area contributed by atoms with Crippen molar-refractivity contribution in [2.75, 3.05) is 0 Å². The topological polar surface area (TPSA) is 60.2 Å². The van der Waals surface area contributed by atoms with Crippen LogP contribution in [-0.2, 0) is 10.0 Å². The van der Waals surface area contributed by atoms with E-state index in [1.54, 1.807) is 0 Å². The summed E-state index contributed by atoms with van der Waals surface area (Å²) in [6.07, 6.45) is 4.22. The van der Waals surface area contributed by atoms with Crippen molar-refractivity contribution in [3.63, 3.8) is 0 Å². The Kier molecular flexibility index (Phi) is 3.13. The van der Waals surface area contributed by atoms with Crippen LogP contribution in [0.15, 0.2) is 17.5 Å². The minimum absolute atomic E-state index is 0.221. The fourth-order valence-corrected chi connectivity index (χ4v) is 4.95. The van der Waals surface area contributed by atoms with Crippen LogP contribution in [-0.4, -0.2) is 8.42 Å². The van der Waals surface area contributed by atoms with Crippen LogP contribution in [0.1, 0.15) is 35.8 Å². The van der Waals surface area contributed by atoms with Crippen LogP contribution in [0.4, 0.5) is 0 Å². The molecule has 1 aromatic heterocycles. The Hall–Kier alpha value is -0.390. The molecule has 3 nitrogen and oxygen atoms in total. The van der Waals surface area contributed by atoms with Gasteiger partial charge in [0.1, 0.15) is 5.25 Å². The maximum Gasteiger partial charge on any atom is 0.217 e. The zero-order valence-corrected chi connectivity index (χ0v) is 10.1. The van der Waals surface area contributed by atoms with Gasteiger partial charge in [-0.15, -0.1) is 11.3 Å². The van der Waals surface area contributed by atoms with Crippen LogP contribution in [0, 0.1) is 5.92 Å². The predicted molar refractivity (Wildman–Crippen MR) is 62.1 cm³/mol. The highest BCUT2D eigenvalue weighted by molar-refractivity contribution is 7.89. The highest BCUT2D eigenvalue weighted by Gasteiger charge is 2.34. The van der Waals surface area contributed by atoms with Crippen LogP contribution < -0.4 is 5.14 Å². The van der Waals surface area contributed by atoms with Crippen molar-refractivity contribution in [2.24, 2.45) is 11.1 Å². The van der Waals surface area contributed by atoms with Crippen LogP contribution in [0.25, 0.3) is 0 Å². The number of hydrogen-bond acceptors (Lipinski definition) is 3. The first-order valence-corrected chi connectivity index (χ1v) is 7.63. The highest BCUT2D eigenvalue weighted by Crippen LogP contribution is 2.41. The molecule has 1 aliphatic carbocycles. The number of primary sulfonamides is 1. The average molecular weight is 245 g/mol. The molecule has 1 saturated carbocycles. The van der Waals surface area contributed by atoms with Gasteiger partial charge < -0.3 is 0 Å². The monoisotopic (exact) mass is 245 g/mol. The van der Waals surface area contributed by atoms with Crippen LogP contribution in [0.2, 0.25) is 0 Å². The van der Waals surface area contributed by atoms with Crippen LogP contribution in [0.5, 0.6) is 0 Å². The Labute approximate surface area is 94.4 Å². The number of hydrogen-bond donors (Lipinski definition) is 1. The standard InChI is InChI=1S/C10H15NO2S2/c11-15(12,13)10(8-4-1-2-5-8)9-6-3-7-14-9/h3,6-8,10H,1-2,4-5H2,(H2,11,12,13). The lowest BCUT2D eigenvalue weighted by Crippen LogP contribution is -2.26. The van der Waals surface area contributed by atoms with E-state index < -0.39 is 15.3 Å². The summed E-state index contributed by atoms with van der Waals surface area (Å²) in [4.78, 5) is 0.893. The van der Waals surface area contributed by atoms with E-state index >= 15 is 0 Å². The largest absolute Gasteiger partial charge is 0.228 e. The van der Waals surface area contributed by atoms with E-state index in [0.717, 1.165) is 30.6 Å². The first kappa shape index (κ1) is 11.1. The van der Waals surface area contributed by atoms with Crippen molar-refractivity contribution in [3.05, 3.63) is 22.4 Å². The molecule has 1 unspecified atom stereocenters. The summed E-state index contributed by atoms with van der Waals surface area (Å²) in [6, 6.07) is 3.76. The second-order valence-corrected chi connectivity index (χ2v) is 6.73. The normalized spacial score (nSPS) is 20.6. The summed E-state index contributed by atoms with van der Waals surface area (Å²) < 4.78 is 23.2. The first-order chi connectivity index (χ1) is 7.09. The van der Waals surface area contributed by atoms with E-state index in [1.807, 2.05) is 17.5 Å². The third-order valence-corrected chi connectivity index (χ3v) is 5.46. The van der Waals surface area contributed by atoms with Gasteiger partial charge in [0.2, 0.25) is 10.0 Å². The van der Waals surface area contributed by atoms with Gasteiger partial charge in [-0.3, -0.25) is 0 Å². The van der Waals surface area contributed by atoms with Gasteiger partial charge in [-0.1, -0.05) is 18.9 Å². The van der Waals surface area contributed by atoms with E-state index in [0.29, 0.717) is 0 Å². The maximum atomic E-state index is 11.6. The molecule has 0 radical (unpaired) electrons. The van der Waals surface area contributed by atoms with E-state index in [-0.39, 0.29) is 5.92 Å². The zero-order valence-electron chi connectivity index (χ0n) is 8.43. The lowest BCUT2D eigenvalue weighted by molar-refractivity contribution is 0.497. The van der Waals surface area contributed by atoms with Crippen molar-refractivity contribution in [2.45, 2.75) is 30.9 Å². The summed E-state index contributed by atoms with van der Waals surface area (Å²) in [5, 5.41) is 6.76. The second-order valence-electron chi connectivity index (χ2n) is 4.07. The minimum atomic E-state index is -3.46. The Bertz CT molecular complexity index is 405. The minimum Gasteiger partial charge on any atom is -0.228 e. The molecule has 0 aromatic carbocycles. The first-order valence-electron chi connectivity index (χ1n) is 5.14. The Morgan fingerprint density at radius 3 is 2.53 bits per heavy atom. The van der Waals surface area contributed by atoms with Gasteiger partial charge in [0, 0.05) is 4.88 Å². The van der Waals surface area contributed by atoms with Gasteiger partial charge in [-0.25, -0.2) is 13.6 Å². The molecule has 1 heterocycles. The van der Waals surface area contributed by atoms with E-state index in [4.69, 9.17) is 5.14 Å². The molecule has 1 atom stereocenters. The SMILES string of the molecule is NS(=O)(=O)C(c1cccs1)C1CCCC1. The molecule has 2 rings (SSSR count). The highest BCUT2D eigenvalue weighted by atomic mass is 32.2. The molecule has 5 heteroatoms. The third-order valence-electron chi connectivity index (χ3n) is 3.01. The molecule has 1 aliphatic rings. The Morgan fingerprint density at radius 2 is 2.07 bits per heavy atom. The number of sulfonamides is 1. The van der Waals surface area contributed by atoms with Crippen LogP contribution in [0.3, 0.4) is 0 Å². The zero-order chi connectivity index (χ0) is 10.9. The van der Waals surface area contributed by atoms with Crippen molar-refractivity contribution in [1.29, 1.82) is 0 Å². The molecular weight excluding hydrogens is 230 g/mol. The fraction of sp³-hybridized carbons (Fsp3) is 0.600. The summed E-state index contributed by atoms with van der Waals surface area (Å²) in [6.45, 7) is 0. The number of rotatable bonds is 3. The van der Waals surface area contributed by atoms with Crippen molar-refractivity contribution in [3.8, 4) is 0 Å². The van der Waals surface area contributed by atoms with Crippen molar-refractivity contribution >= 4 is 21.4 Å². The lowest BCUT2D eigenvalue weighted by Gasteiger charge is -2.19. The van der Waals surface area contributed by atoms with Crippen LogP contribution >= 0.6 is 11.3 Å². The average Bonchev–Trinajstić information content (AvgIpc) is 2.73. The summed E-state index contributed by atoms with van der Waals surface area (Å²) in [5.41, 5.74) is 0. The quantitative estimate of drug-likeness (QED) is 0.888. The molecule has 0 amide bonds. The van der Waals surface area contributed by atoms with Gasteiger partial charge in [0.15, 0.2) is 0 Å². The summed E-state index contributed by atoms with van der Waals surface area (Å²) >= 11 is 1.49. The fourth-order valence-electron chi connectivity index (χ4n) is 2.38. The molecule has 0 spiro atoms. The molecule has 2 N–H and O–H groups in total. The smallest absolute Gasteiger partial charge is 0.217 e. The van der Waals surface area contributed by atoms with E-state index in [1.165, 1.54) is 11.3 Å². The molecule has 0 bridgehead atoms. The van der Waals surface area contributed by atoms with Gasteiger partial charge in [0.25, 0.3) is 0 Å². The van der Waals surface area contributed by atoms with Gasteiger partial charge >= 0.3 is 0 Å². The maximum absolute atomic E-state index is 11.6. The van der Waals surface area contributed by atoms with Crippen molar-refractivity contribution < 1.29 is 8.42 Å². The second kappa shape index (κ2) is 4.23. The van der Waals surface area contributed by atoms with E-state index in [2.05, 4.69) is 0 Å². The molecule has 0 saturated heterocycles. The van der Waals surface area contributed by atoms with Crippen molar-refractivity contribution in [1.82, 2.24) is 0 Å². The molecular formula is C10H15NO2S2.